The molecule has 11 heteroatoms. The lowest BCUT2D eigenvalue weighted by molar-refractivity contribution is -0.119. The minimum atomic E-state index is -0.990. The van der Waals surface area contributed by atoms with Crippen LogP contribution in [-0.2, 0) is 14.3 Å². The van der Waals surface area contributed by atoms with Crippen molar-refractivity contribution in [2.75, 3.05) is 18.5 Å². The summed E-state index contributed by atoms with van der Waals surface area (Å²) in [4.78, 5) is 47.7. The van der Waals surface area contributed by atoms with Gasteiger partial charge in [0.2, 0.25) is 5.88 Å². The highest BCUT2D eigenvalue weighted by atomic mass is 35.5. The van der Waals surface area contributed by atoms with Crippen molar-refractivity contribution in [1.29, 1.82) is 0 Å². The maximum Gasteiger partial charge on any atom is 0.348 e. The van der Waals surface area contributed by atoms with Gasteiger partial charge in [-0.15, -0.1) is 11.3 Å². The molecule has 0 saturated carbocycles. The van der Waals surface area contributed by atoms with Crippen LogP contribution in [0.4, 0.5) is 5.88 Å². The second kappa shape index (κ2) is 8.69. The number of furan rings is 1. The van der Waals surface area contributed by atoms with Crippen LogP contribution < -0.4 is 11.1 Å². The van der Waals surface area contributed by atoms with E-state index in [4.69, 9.17) is 31.2 Å². The van der Waals surface area contributed by atoms with E-state index in [2.05, 4.69) is 5.32 Å². The van der Waals surface area contributed by atoms with Gasteiger partial charge < -0.3 is 19.6 Å². The fourth-order valence-electron chi connectivity index (χ4n) is 2.11. The summed E-state index contributed by atoms with van der Waals surface area (Å²) in [5.41, 5.74) is 4.78. The van der Waals surface area contributed by atoms with Crippen LogP contribution in [0.25, 0.3) is 0 Å². The number of primary amides is 1. The van der Waals surface area contributed by atoms with Crippen LogP contribution in [0.1, 0.15) is 43.1 Å². The lowest BCUT2D eigenvalue weighted by Gasteiger charge is -2.05. The lowest BCUT2D eigenvalue weighted by atomic mass is 10.1. The topological polar surface area (TPSA) is 138 Å². The number of esters is 2. The molecule has 2 aromatic rings. The Hall–Kier alpha value is -2.85. The maximum absolute atomic E-state index is 12.0. The van der Waals surface area contributed by atoms with E-state index in [-0.39, 0.29) is 34.3 Å². The molecule has 0 fully saturated rings. The van der Waals surface area contributed by atoms with Gasteiger partial charge >= 0.3 is 11.9 Å². The Bertz CT molecular complexity index is 903. The monoisotopic (exact) mass is 414 g/mol. The molecule has 0 aromatic carbocycles. The molecule has 0 aliphatic rings. The van der Waals surface area contributed by atoms with Crippen LogP contribution in [0.5, 0.6) is 0 Å². The van der Waals surface area contributed by atoms with E-state index < -0.39 is 30.4 Å². The molecule has 0 radical (unpaired) electrons. The van der Waals surface area contributed by atoms with Crippen LogP contribution in [0.15, 0.2) is 16.5 Å². The second-order valence-electron chi connectivity index (χ2n) is 5.05. The number of ether oxygens (including phenoxy) is 2. The van der Waals surface area contributed by atoms with Gasteiger partial charge in [0.25, 0.3) is 11.8 Å². The minimum absolute atomic E-state index is 0.0442. The normalized spacial score (nSPS) is 10.3. The number of anilines is 1. The first-order valence-electron chi connectivity index (χ1n) is 7.57. The van der Waals surface area contributed by atoms with Crippen LogP contribution >= 0.6 is 22.9 Å². The number of rotatable bonds is 7. The zero-order valence-electron chi connectivity index (χ0n) is 14.3. The SMILES string of the molecule is CCOC(=O)c1c(C)oc(NC(=O)COC(=O)c2ccc(Cl)s2)c1C(N)=O. The van der Waals surface area contributed by atoms with Crippen molar-refractivity contribution in [3.05, 3.63) is 38.2 Å². The Labute approximate surface area is 162 Å². The molecule has 0 saturated heterocycles. The van der Waals surface area contributed by atoms with Gasteiger partial charge in [-0.3, -0.25) is 14.9 Å². The van der Waals surface area contributed by atoms with Gasteiger partial charge in [-0.05, 0) is 26.0 Å². The Morgan fingerprint density at radius 2 is 1.89 bits per heavy atom. The molecule has 2 rings (SSSR count). The standard InChI is InChI=1S/C16H15ClN2O7S/c1-3-24-16(23)11-7(2)26-14(12(11)13(18)21)19-10(20)6-25-15(22)8-4-5-9(17)27-8/h4-5H,3,6H2,1-2H3,(H2,18,21)(H,19,20). The molecule has 0 bridgehead atoms. The third-order valence-corrected chi connectivity index (χ3v) is 4.38. The number of nitrogens with one attached hydrogen (secondary N) is 1. The molecule has 2 aromatic heterocycles. The first kappa shape index (κ1) is 20.5. The highest BCUT2D eigenvalue weighted by Crippen LogP contribution is 2.27. The number of carbonyl (C=O) groups is 4. The maximum atomic E-state index is 12.0. The Morgan fingerprint density at radius 1 is 1.19 bits per heavy atom. The van der Waals surface area contributed by atoms with Crippen LogP contribution in [0, 0.1) is 6.92 Å². The third-order valence-electron chi connectivity index (χ3n) is 3.17. The van der Waals surface area contributed by atoms with Crippen molar-refractivity contribution in [3.63, 3.8) is 0 Å². The van der Waals surface area contributed by atoms with E-state index >= 15 is 0 Å². The smallest absolute Gasteiger partial charge is 0.348 e. The molecule has 0 aliphatic heterocycles. The van der Waals surface area contributed by atoms with Crippen molar-refractivity contribution in [2.45, 2.75) is 13.8 Å². The molecular weight excluding hydrogens is 400 g/mol. The molecule has 9 nitrogen and oxygen atoms in total. The van der Waals surface area contributed by atoms with Gasteiger partial charge in [0.05, 0.1) is 10.9 Å². The number of hydrogen-bond acceptors (Lipinski definition) is 8. The van der Waals surface area contributed by atoms with Gasteiger partial charge in [-0.25, -0.2) is 9.59 Å². The number of halogens is 1. The molecule has 27 heavy (non-hydrogen) atoms. The zero-order valence-corrected chi connectivity index (χ0v) is 15.9. The molecule has 0 unspecified atom stereocenters. The van der Waals surface area contributed by atoms with E-state index in [1.165, 1.54) is 19.1 Å². The predicted molar refractivity (Wildman–Crippen MR) is 96.2 cm³/mol. The number of carbonyl (C=O) groups excluding carboxylic acids is 4. The summed E-state index contributed by atoms with van der Waals surface area (Å²) in [5, 5.41) is 2.25. The molecule has 0 atom stereocenters. The van der Waals surface area contributed by atoms with Crippen LogP contribution in [-0.4, -0.2) is 37.0 Å². The summed E-state index contributed by atoms with van der Waals surface area (Å²) < 4.78 is 15.3. The highest BCUT2D eigenvalue weighted by Gasteiger charge is 2.29. The van der Waals surface area contributed by atoms with E-state index in [1.807, 2.05) is 0 Å². The van der Waals surface area contributed by atoms with Gasteiger partial charge in [0, 0.05) is 0 Å². The third kappa shape index (κ3) is 4.86. The van der Waals surface area contributed by atoms with Crippen molar-refractivity contribution in [2.24, 2.45) is 5.73 Å². The lowest BCUT2D eigenvalue weighted by Crippen LogP contribution is -2.23. The quantitative estimate of drug-likeness (QED) is 0.663. The second-order valence-corrected chi connectivity index (χ2v) is 6.77. The summed E-state index contributed by atoms with van der Waals surface area (Å²) in [7, 11) is 0. The predicted octanol–water partition coefficient (Wildman–Crippen LogP) is 2.37. The Balaban J connectivity index is 2.11. The first-order chi connectivity index (χ1) is 12.7. The van der Waals surface area contributed by atoms with E-state index in [1.54, 1.807) is 6.92 Å². The fourth-order valence-corrected chi connectivity index (χ4v) is 3.04. The first-order valence-corrected chi connectivity index (χ1v) is 8.76. The minimum Gasteiger partial charge on any atom is -0.462 e. The number of hydrogen-bond donors (Lipinski definition) is 2. The number of amides is 2. The summed E-state index contributed by atoms with van der Waals surface area (Å²) in [6, 6.07) is 2.98. The summed E-state index contributed by atoms with van der Waals surface area (Å²) in [5.74, 6) is -3.62. The number of aryl methyl sites for hydroxylation is 1. The number of nitrogens with two attached hydrogens (primary N) is 1. The summed E-state index contributed by atoms with van der Waals surface area (Å²) in [6.45, 7) is 2.43. The van der Waals surface area contributed by atoms with Crippen LogP contribution in [0.3, 0.4) is 0 Å². The van der Waals surface area contributed by atoms with E-state index in [9.17, 15) is 19.2 Å². The van der Waals surface area contributed by atoms with Crippen molar-refractivity contribution < 1.29 is 33.1 Å². The molecular formula is C16H15ClN2O7S. The fraction of sp³-hybridized carbons (Fsp3) is 0.250. The van der Waals surface area contributed by atoms with Gasteiger partial charge in [0.1, 0.15) is 21.8 Å². The Kier molecular flexibility index (Phi) is 6.59. The van der Waals surface area contributed by atoms with Crippen LogP contribution in [0.2, 0.25) is 4.34 Å². The molecule has 2 heterocycles. The zero-order chi connectivity index (χ0) is 20.1. The van der Waals surface area contributed by atoms with Crippen molar-refractivity contribution >= 4 is 52.6 Å². The van der Waals surface area contributed by atoms with Gasteiger partial charge in [0.15, 0.2) is 6.61 Å². The molecule has 3 N–H and O–H groups in total. The van der Waals surface area contributed by atoms with Crippen molar-refractivity contribution in [3.8, 4) is 0 Å². The largest absolute Gasteiger partial charge is 0.462 e. The summed E-state index contributed by atoms with van der Waals surface area (Å²) in [6.07, 6.45) is 0. The van der Waals surface area contributed by atoms with E-state index in [0.717, 1.165) is 11.3 Å². The van der Waals surface area contributed by atoms with Crippen molar-refractivity contribution in [1.82, 2.24) is 0 Å². The molecule has 0 spiro atoms. The molecule has 144 valence electrons. The average molecular weight is 415 g/mol. The Morgan fingerprint density at radius 3 is 2.44 bits per heavy atom. The highest BCUT2D eigenvalue weighted by molar-refractivity contribution is 7.17. The molecule has 2 amide bonds. The van der Waals surface area contributed by atoms with Gasteiger partial charge in [-0.1, -0.05) is 11.6 Å². The van der Waals surface area contributed by atoms with E-state index in [0.29, 0.717) is 4.34 Å². The average Bonchev–Trinajstić information content (AvgIpc) is 3.16. The summed E-state index contributed by atoms with van der Waals surface area (Å²) >= 11 is 6.72. The molecule has 0 aliphatic carbocycles. The number of thiophene rings is 1. The van der Waals surface area contributed by atoms with Gasteiger partial charge in [-0.2, -0.15) is 0 Å².